The zero-order valence-electron chi connectivity index (χ0n) is 10.5. The van der Waals surface area contributed by atoms with Crippen molar-refractivity contribution in [2.45, 2.75) is 46.5 Å². The van der Waals surface area contributed by atoms with Gasteiger partial charge in [0, 0.05) is 0 Å². The molecule has 84 valence electrons. The molecular weight excluding hydrogens is 180 g/mol. The van der Waals surface area contributed by atoms with Crippen molar-refractivity contribution in [1.29, 1.82) is 0 Å². The maximum absolute atomic E-state index is 4.39. The van der Waals surface area contributed by atoms with Crippen LogP contribution in [-0.4, -0.2) is 0 Å². The Morgan fingerprint density at radius 3 is 2.53 bits per heavy atom. The van der Waals surface area contributed by atoms with Gasteiger partial charge < -0.3 is 0 Å². The van der Waals surface area contributed by atoms with Crippen LogP contribution < -0.4 is 0 Å². The van der Waals surface area contributed by atoms with Crippen molar-refractivity contribution in [1.82, 2.24) is 0 Å². The third-order valence-electron chi connectivity index (χ3n) is 4.85. The van der Waals surface area contributed by atoms with Crippen LogP contribution in [0.5, 0.6) is 0 Å². The maximum Gasteiger partial charge on any atom is -0.0137 e. The largest absolute Gasteiger partial charge is 0.0998 e. The van der Waals surface area contributed by atoms with E-state index in [-0.39, 0.29) is 0 Å². The number of hydrogen-bond acceptors (Lipinski definition) is 0. The van der Waals surface area contributed by atoms with Gasteiger partial charge in [0.05, 0.1) is 0 Å². The Labute approximate surface area is 94.5 Å². The molecule has 2 bridgehead atoms. The van der Waals surface area contributed by atoms with E-state index in [1.807, 2.05) is 0 Å². The molecule has 0 aromatic heterocycles. The minimum absolute atomic E-state index is 0.494. The lowest BCUT2D eigenvalue weighted by atomic mass is 9.54. The molecular formula is C15H24. The summed E-state index contributed by atoms with van der Waals surface area (Å²) < 4.78 is 0. The SMILES string of the molecule is C=C(C)[C@H]1CC[C@@H]2C(=C)[C@H]1CCC2(C)C. The molecule has 0 unspecified atom stereocenters. The van der Waals surface area contributed by atoms with Crippen molar-refractivity contribution < 1.29 is 0 Å². The summed E-state index contributed by atoms with van der Waals surface area (Å²) in [5.74, 6) is 2.24. The zero-order valence-corrected chi connectivity index (χ0v) is 10.5. The highest BCUT2D eigenvalue weighted by Crippen LogP contribution is 2.55. The van der Waals surface area contributed by atoms with E-state index in [0.29, 0.717) is 5.41 Å². The zero-order chi connectivity index (χ0) is 11.2. The van der Waals surface area contributed by atoms with Gasteiger partial charge >= 0.3 is 0 Å². The fraction of sp³-hybridized carbons (Fsp3) is 0.733. The summed E-state index contributed by atoms with van der Waals surface area (Å²) >= 11 is 0. The molecule has 2 rings (SSSR count). The second-order valence-electron chi connectivity index (χ2n) is 6.29. The van der Waals surface area contributed by atoms with Crippen LogP contribution in [0.3, 0.4) is 0 Å². The predicted molar refractivity (Wildman–Crippen MR) is 66.7 cm³/mol. The van der Waals surface area contributed by atoms with Crippen LogP contribution in [0, 0.1) is 23.2 Å². The summed E-state index contributed by atoms with van der Waals surface area (Å²) in [6, 6.07) is 0. The summed E-state index contributed by atoms with van der Waals surface area (Å²) in [6.07, 6.45) is 5.37. The molecule has 0 radical (unpaired) electrons. The molecule has 0 spiro atoms. The molecule has 2 saturated carbocycles. The molecule has 2 aliphatic rings. The number of fused-ring (bicyclic) bond motifs is 2. The lowest BCUT2D eigenvalue weighted by Crippen LogP contribution is -2.40. The summed E-state index contributed by atoms with van der Waals surface area (Å²) in [4.78, 5) is 0. The van der Waals surface area contributed by atoms with Crippen LogP contribution in [0.15, 0.2) is 24.3 Å². The van der Waals surface area contributed by atoms with Crippen molar-refractivity contribution in [3.8, 4) is 0 Å². The lowest BCUT2D eigenvalue weighted by Gasteiger charge is -2.51. The Kier molecular flexibility index (Phi) is 2.56. The molecule has 0 aromatic carbocycles. The van der Waals surface area contributed by atoms with Crippen molar-refractivity contribution in [2.24, 2.45) is 23.2 Å². The standard InChI is InChI=1S/C15H24/c1-10(2)12-6-7-14-11(3)13(12)8-9-15(14,4)5/h12-14H,1,3,6-9H2,2,4-5H3/t12-,13-,14-/m1/s1. The maximum atomic E-state index is 4.39. The van der Waals surface area contributed by atoms with Gasteiger partial charge in [-0.3, -0.25) is 0 Å². The molecule has 0 saturated heterocycles. The van der Waals surface area contributed by atoms with Gasteiger partial charge in [0.2, 0.25) is 0 Å². The average molecular weight is 204 g/mol. The summed E-state index contributed by atoms with van der Waals surface area (Å²) in [5, 5.41) is 0. The molecule has 3 atom stereocenters. The van der Waals surface area contributed by atoms with Gasteiger partial charge in [-0.05, 0) is 55.8 Å². The van der Waals surface area contributed by atoms with Crippen LogP contribution in [0.25, 0.3) is 0 Å². The van der Waals surface area contributed by atoms with E-state index in [1.165, 1.54) is 36.8 Å². The summed E-state index contributed by atoms with van der Waals surface area (Å²) in [7, 11) is 0. The Morgan fingerprint density at radius 2 is 1.93 bits per heavy atom. The number of rotatable bonds is 1. The first-order valence-corrected chi connectivity index (χ1v) is 6.27. The first kappa shape index (κ1) is 11.0. The van der Waals surface area contributed by atoms with E-state index in [4.69, 9.17) is 0 Å². The van der Waals surface area contributed by atoms with Crippen molar-refractivity contribution >= 4 is 0 Å². The van der Waals surface area contributed by atoms with Crippen molar-refractivity contribution in [3.05, 3.63) is 24.3 Å². The minimum atomic E-state index is 0.494. The smallest absolute Gasteiger partial charge is 0.0137 e. The van der Waals surface area contributed by atoms with Gasteiger partial charge in [-0.1, -0.05) is 38.2 Å². The minimum Gasteiger partial charge on any atom is -0.0998 e. The molecule has 0 nitrogen and oxygen atoms in total. The van der Waals surface area contributed by atoms with Gasteiger partial charge in [0.25, 0.3) is 0 Å². The number of hydrogen-bond donors (Lipinski definition) is 0. The molecule has 0 amide bonds. The fourth-order valence-electron chi connectivity index (χ4n) is 3.82. The van der Waals surface area contributed by atoms with Gasteiger partial charge in [0.15, 0.2) is 0 Å². The van der Waals surface area contributed by atoms with E-state index in [2.05, 4.69) is 33.9 Å². The summed E-state index contributed by atoms with van der Waals surface area (Å²) in [5.41, 5.74) is 3.40. The van der Waals surface area contributed by atoms with Crippen LogP contribution in [-0.2, 0) is 0 Å². The first-order chi connectivity index (χ1) is 6.93. The van der Waals surface area contributed by atoms with Crippen molar-refractivity contribution in [3.63, 3.8) is 0 Å². The highest BCUT2D eigenvalue weighted by atomic mass is 14.5. The van der Waals surface area contributed by atoms with E-state index >= 15 is 0 Å². The van der Waals surface area contributed by atoms with E-state index in [0.717, 1.165) is 17.8 Å². The molecule has 0 heterocycles. The average Bonchev–Trinajstić information content (AvgIpc) is 2.11. The third-order valence-corrected chi connectivity index (χ3v) is 4.85. The highest BCUT2D eigenvalue weighted by Gasteiger charge is 2.44. The fourth-order valence-corrected chi connectivity index (χ4v) is 3.82. The van der Waals surface area contributed by atoms with E-state index in [9.17, 15) is 0 Å². The van der Waals surface area contributed by atoms with E-state index < -0.39 is 0 Å². The molecule has 0 N–H and O–H groups in total. The second-order valence-corrected chi connectivity index (χ2v) is 6.29. The second kappa shape index (κ2) is 3.50. The molecule has 0 aromatic rings. The van der Waals surface area contributed by atoms with Gasteiger partial charge in [-0.2, -0.15) is 0 Å². The van der Waals surface area contributed by atoms with Crippen LogP contribution in [0.1, 0.15) is 46.5 Å². The van der Waals surface area contributed by atoms with Gasteiger partial charge in [0.1, 0.15) is 0 Å². The third kappa shape index (κ3) is 1.68. The quantitative estimate of drug-likeness (QED) is 0.548. The van der Waals surface area contributed by atoms with Crippen molar-refractivity contribution in [2.75, 3.05) is 0 Å². The normalized spacial score (nSPS) is 38.9. The lowest BCUT2D eigenvalue weighted by molar-refractivity contribution is 0.0937. The van der Waals surface area contributed by atoms with Gasteiger partial charge in [-0.25, -0.2) is 0 Å². The first-order valence-electron chi connectivity index (χ1n) is 6.27. The van der Waals surface area contributed by atoms with Crippen LogP contribution >= 0.6 is 0 Å². The Balaban J connectivity index is 2.24. The molecule has 15 heavy (non-hydrogen) atoms. The molecule has 2 fully saturated rings. The predicted octanol–water partition coefficient (Wildman–Crippen LogP) is 4.58. The molecule has 2 aliphatic carbocycles. The monoisotopic (exact) mass is 204 g/mol. The Morgan fingerprint density at radius 1 is 1.27 bits per heavy atom. The Hall–Kier alpha value is -0.520. The molecule has 0 heteroatoms. The van der Waals surface area contributed by atoms with Crippen LogP contribution in [0.2, 0.25) is 0 Å². The topological polar surface area (TPSA) is 0 Å². The Bertz CT molecular complexity index is 295. The highest BCUT2D eigenvalue weighted by molar-refractivity contribution is 5.21. The van der Waals surface area contributed by atoms with Gasteiger partial charge in [-0.15, -0.1) is 0 Å². The number of allylic oxidation sites excluding steroid dienone is 2. The van der Waals surface area contributed by atoms with Crippen LogP contribution in [0.4, 0.5) is 0 Å². The molecule has 0 aliphatic heterocycles. The van der Waals surface area contributed by atoms with E-state index in [1.54, 1.807) is 0 Å². The summed E-state index contributed by atoms with van der Waals surface area (Å²) in [6.45, 7) is 15.6.